The minimum atomic E-state index is 0.347. The molecule has 1 aromatic rings. The van der Waals surface area contributed by atoms with Gasteiger partial charge in [0.25, 0.3) is 0 Å². The van der Waals surface area contributed by atoms with E-state index in [2.05, 4.69) is 20.4 Å². The van der Waals surface area contributed by atoms with Crippen LogP contribution in [-0.2, 0) is 11.2 Å². The van der Waals surface area contributed by atoms with Crippen molar-refractivity contribution in [1.82, 2.24) is 20.4 Å². The van der Waals surface area contributed by atoms with E-state index in [4.69, 9.17) is 0 Å². The minimum Gasteiger partial charge on any atom is -0.335 e. The van der Waals surface area contributed by atoms with Crippen molar-refractivity contribution in [2.24, 2.45) is 0 Å². The number of hydrogen-bond donors (Lipinski definition) is 2. The van der Waals surface area contributed by atoms with Crippen molar-refractivity contribution in [3.05, 3.63) is 18.0 Å². The van der Waals surface area contributed by atoms with Crippen LogP contribution in [0.4, 0.5) is 0 Å². The zero-order valence-corrected chi connectivity index (χ0v) is 11.3. The van der Waals surface area contributed by atoms with Gasteiger partial charge in [-0.25, -0.2) is 0 Å². The molecule has 104 valence electrons. The van der Waals surface area contributed by atoms with Gasteiger partial charge in [-0.15, -0.1) is 0 Å². The van der Waals surface area contributed by atoms with Gasteiger partial charge in [0.1, 0.15) is 0 Å². The molecule has 5 heteroatoms. The molecule has 0 unspecified atom stereocenters. The summed E-state index contributed by atoms with van der Waals surface area (Å²) in [6, 6.07) is 0.926. The van der Waals surface area contributed by atoms with Crippen LogP contribution in [0.25, 0.3) is 0 Å². The van der Waals surface area contributed by atoms with Gasteiger partial charge < -0.3 is 10.2 Å². The van der Waals surface area contributed by atoms with Gasteiger partial charge in [-0.2, -0.15) is 5.10 Å². The van der Waals surface area contributed by atoms with E-state index in [-0.39, 0.29) is 0 Å². The third kappa shape index (κ3) is 2.81. The van der Waals surface area contributed by atoms with Gasteiger partial charge in [0, 0.05) is 31.2 Å². The number of carbonyl (C=O) groups is 1. The first-order chi connectivity index (χ1) is 9.34. The van der Waals surface area contributed by atoms with E-state index in [1.165, 1.54) is 18.4 Å². The molecule has 2 aliphatic heterocycles. The van der Waals surface area contributed by atoms with Crippen LogP contribution in [-0.4, -0.2) is 46.2 Å². The van der Waals surface area contributed by atoms with Crippen molar-refractivity contribution in [3.8, 4) is 0 Å². The lowest BCUT2D eigenvalue weighted by Gasteiger charge is -2.28. The number of aryl methyl sites for hydroxylation is 1. The Hall–Kier alpha value is -1.36. The SMILES string of the molecule is O=C(CCCc1cn[nH]c1)N1[C@@H]2CCNC[C@H]1CC2. The standard InChI is InChI=1S/C14H22N4O/c19-14(3-1-2-11-8-16-17-9-11)18-12-4-5-13(18)10-15-7-6-12/h8-9,12-13,15H,1-7,10H2,(H,16,17)/t12-,13+/m0/s1. The largest absolute Gasteiger partial charge is 0.335 e. The first kappa shape index (κ1) is 12.7. The number of H-pyrrole nitrogens is 1. The summed E-state index contributed by atoms with van der Waals surface area (Å²) < 4.78 is 0. The maximum Gasteiger partial charge on any atom is 0.223 e. The number of aromatic amines is 1. The smallest absolute Gasteiger partial charge is 0.223 e. The predicted octanol–water partition coefficient (Wildman–Crippen LogP) is 1.09. The van der Waals surface area contributed by atoms with Gasteiger partial charge >= 0.3 is 0 Å². The zero-order chi connectivity index (χ0) is 13.1. The zero-order valence-electron chi connectivity index (χ0n) is 11.3. The Morgan fingerprint density at radius 3 is 3.11 bits per heavy atom. The van der Waals surface area contributed by atoms with Crippen LogP contribution in [0.3, 0.4) is 0 Å². The molecule has 2 fully saturated rings. The number of rotatable bonds is 4. The summed E-state index contributed by atoms with van der Waals surface area (Å²) in [6.45, 7) is 2.03. The molecule has 2 aliphatic rings. The molecule has 2 N–H and O–H groups in total. The second kappa shape index (κ2) is 5.74. The summed E-state index contributed by atoms with van der Waals surface area (Å²) >= 11 is 0. The second-order valence-corrected chi connectivity index (χ2v) is 5.64. The molecule has 2 bridgehead atoms. The number of aromatic nitrogens is 2. The minimum absolute atomic E-state index is 0.347. The molecule has 0 saturated carbocycles. The average Bonchev–Trinajstić information content (AvgIpc) is 2.96. The highest BCUT2D eigenvalue weighted by molar-refractivity contribution is 5.77. The van der Waals surface area contributed by atoms with E-state index in [0.717, 1.165) is 32.4 Å². The van der Waals surface area contributed by atoms with Gasteiger partial charge in [0.15, 0.2) is 0 Å². The maximum absolute atomic E-state index is 12.4. The molecular weight excluding hydrogens is 240 g/mol. The first-order valence-corrected chi connectivity index (χ1v) is 7.34. The average molecular weight is 262 g/mol. The van der Waals surface area contributed by atoms with E-state index in [0.29, 0.717) is 24.4 Å². The molecule has 3 rings (SSSR count). The lowest BCUT2D eigenvalue weighted by molar-refractivity contribution is -0.133. The Balaban J connectivity index is 1.52. The quantitative estimate of drug-likeness (QED) is 0.853. The molecule has 19 heavy (non-hydrogen) atoms. The Morgan fingerprint density at radius 2 is 2.26 bits per heavy atom. The molecule has 1 aromatic heterocycles. The predicted molar refractivity (Wildman–Crippen MR) is 72.7 cm³/mol. The van der Waals surface area contributed by atoms with E-state index >= 15 is 0 Å². The molecule has 0 aliphatic carbocycles. The summed E-state index contributed by atoms with van der Waals surface area (Å²) in [5.74, 6) is 0.347. The van der Waals surface area contributed by atoms with Crippen molar-refractivity contribution in [1.29, 1.82) is 0 Å². The van der Waals surface area contributed by atoms with Crippen LogP contribution in [0, 0.1) is 0 Å². The number of carbonyl (C=O) groups excluding carboxylic acids is 1. The Labute approximate surface area is 113 Å². The van der Waals surface area contributed by atoms with Crippen molar-refractivity contribution in [2.45, 2.75) is 50.6 Å². The van der Waals surface area contributed by atoms with Crippen LogP contribution in [0.5, 0.6) is 0 Å². The van der Waals surface area contributed by atoms with Crippen LogP contribution in [0.1, 0.15) is 37.7 Å². The summed E-state index contributed by atoms with van der Waals surface area (Å²) in [7, 11) is 0. The highest BCUT2D eigenvalue weighted by atomic mass is 16.2. The Kier molecular flexibility index (Phi) is 3.82. The first-order valence-electron chi connectivity index (χ1n) is 7.34. The topological polar surface area (TPSA) is 61.0 Å². The van der Waals surface area contributed by atoms with Crippen LogP contribution >= 0.6 is 0 Å². The summed E-state index contributed by atoms with van der Waals surface area (Å²) in [5.41, 5.74) is 1.19. The second-order valence-electron chi connectivity index (χ2n) is 5.64. The van der Waals surface area contributed by atoms with E-state index in [1.54, 1.807) is 0 Å². The Morgan fingerprint density at radius 1 is 1.37 bits per heavy atom. The number of hydrogen-bond acceptors (Lipinski definition) is 3. The summed E-state index contributed by atoms with van der Waals surface area (Å²) in [4.78, 5) is 14.6. The molecular formula is C14H22N4O. The molecule has 0 spiro atoms. The van der Waals surface area contributed by atoms with Gasteiger partial charge in [0.05, 0.1) is 6.20 Å². The lowest BCUT2D eigenvalue weighted by Crippen LogP contribution is -2.42. The fourth-order valence-electron chi connectivity index (χ4n) is 3.38. The monoisotopic (exact) mass is 262 g/mol. The number of fused-ring (bicyclic) bond motifs is 2. The van der Waals surface area contributed by atoms with Crippen molar-refractivity contribution < 1.29 is 4.79 Å². The van der Waals surface area contributed by atoms with Crippen molar-refractivity contribution in [3.63, 3.8) is 0 Å². The number of nitrogens with zero attached hydrogens (tertiary/aromatic N) is 2. The van der Waals surface area contributed by atoms with E-state index < -0.39 is 0 Å². The van der Waals surface area contributed by atoms with Gasteiger partial charge in [-0.3, -0.25) is 9.89 Å². The molecule has 2 atom stereocenters. The summed E-state index contributed by atoms with van der Waals surface area (Å²) in [5, 5.41) is 10.2. The normalized spacial score (nSPS) is 26.4. The lowest BCUT2D eigenvalue weighted by atomic mass is 10.1. The molecule has 2 saturated heterocycles. The maximum atomic E-state index is 12.4. The van der Waals surface area contributed by atoms with Crippen LogP contribution in [0.2, 0.25) is 0 Å². The van der Waals surface area contributed by atoms with Gasteiger partial charge in [-0.05, 0) is 44.2 Å². The van der Waals surface area contributed by atoms with Crippen LogP contribution < -0.4 is 5.32 Å². The Bertz CT molecular complexity index is 403. The molecule has 3 heterocycles. The van der Waals surface area contributed by atoms with Crippen molar-refractivity contribution in [2.75, 3.05) is 13.1 Å². The van der Waals surface area contributed by atoms with Gasteiger partial charge in [-0.1, -0.05) is 0 Å². The number of nitrogens with one attached hydrogen (secondary N) is 2. The van der Waals surface area contributed by atoms with Crippen molar-refractivity contribution >= 4 is 5.91 Å². The number of amides is 1. The summed E-state index contributed by atoms with van der Waals surface area (Å²) in [6.07, 6.45) is 9.74. The highest BCUT2D eigenvalue weighted by Crippen LogP contribution is 2.28. The highest BCUT2D eigenvalue weighted by Gasteiger charge is 2.37. The molecule has 5 nitrogen and oxygen atoms in total. The molecule has 0 aromatic carbocycles. The van der Waals surface area contributed by atoms with E-state index in [1.807, 2.05) is 12.4 Å². The third-order valence-corrected chi connectivity index (χ3v) is 4.35. The fraction of sp³-hybridized carbons (Fsp3) is 0.714. The van der Waals surface area contributed by atoms with Gasteiger partial charge in [0.2, 0.25) is 5.91 Å². The third-order valence-electron chi connectivity index (χ3n) is 4.35. The molecule has 0 radical (unpaired) electrons. The molecule has 1 amide bonds. The fourth-order valence-corrected chi connectivity index (χ4v) is 3.38. The van der Waals surface area contributed by atoms with Crippen LogP contribution in [0.15, 0.2) is 12.4 Å². The van der Waals surface area contributed by atoms with E-state index in [9.17, 15) is 4.79 Å².